The first-order chi connectivity index (χ1) is 23.8. The molecule has 0 bridgehead atoms. The molecule has 2 aromatic heterocycles. The van der Waals surface area contributed by atoms with E-state index in [9.17, 15) is 0 Å². The Morgan fingerprint density at radius 2 is 1.10 bits per heavy atom. The first kappa shape index (κ1) is 28.1. The minimum Gasteiger partial charge on any atom is -0.439 e. The van der Waals surface area contributed by atoms with Crippen LogP contribution in [0.3, 0.4) is 0 Å². The SMILES string of the molecule is c1ccc(CN2c3ccc(Oc4ccccn4)cc3B3c4cc(-c5ccccn5)ccc4N(Cc4ccccc4)c4cccc2c43)cc1. The van der Waals surface area contributed by atoms with Crippen molar-refractivity contribution in [3.05, 3.63) is 175 Å². The van der Waals surface area contributed by atoms with E-state index in [2.05, 4.69) is 142 Å². The summed E-state index contributed by atoms with van der Waals surface area (Å²) >= 11 is 0. The second-order valence-corrected chi connectivity index (χ2v) is 12.3. The van der Waals surface area contributed by atoms with Crippen molar-refractivity contribution in [3.8, 4) is 22.9 Å². The fourth-order valence-corrected chi connectivity index (χ4v) is 7.24. The lowest BCUT2D eigenvalue weighted by atomic mass is 9.33. The molecule has 4 heterocycles. The number of ether oxygens (including phenoxy) is 1. The van der Waals surface area contributed by atoms with E-state index in [1.165, 1.54) is 50.3 Å². The molecule has 228 valence electrons. The molecule has 6 heteroatoms. The Hall–Kier alpha value is -6.14. The number of hydrogen-bond acceptors (Lipinski definition) is 5. The van der Waals surface area contributed by atoms with Gasteiger partial charge in [0.25, 0.3) is 6.71 Å². The molecule has 0 amide bonds. The molecule has 0 saturated carbocycles. The predicted molar refractivity (Wildman–Crippen MR) is 196 cm³/mol. The number of pyridine rings is 2. The van der Waals surface area contributed by atoms with Crippen LogP contribution in [0.1, 0.15) is 11.1 Å². The maximum atomic E-state index is 6.36. The molecule has 48 heavy (non-hydrogen) atoms. The number of anilines is 4. The van der Waals surface area contributed by atoms with Crippen LogP contribution < -0.4 is 30.9 Å². The van der Waals surface area contributed by atoms with E-state index in [0.29, 0.717) is 5.88 Å². The molecule has 0 atom stereocenters. The monoisotopic (exact) mass is 618 g/mol. The lowest BCUT2D eigenvalue weighted by molar-refractivity contribution is 0.463. The Kier molecular flexibility index (Phi) is 6.97. The second-order valence-electron chi connectivity index (χ2n) is 12.3. The highest BCUT2D eigenvalue weighted by Crippen LogP contribution is 2.40. The van der Waals surface area contributed by atoms with Crippen molar-refractivity contribution in [1.29, 1.82) is 0 Å². The van der Waals surface area contributed by atoms with Crippen molar-refractivity contribution in [2.75, 3.05) is 9.80 Å². The van der Waals surface area contributed by atoms with Crippen molar-refractivity contribution >= 4 is 45.9 Å². The van der Waals surface area contributed by atoms with Crippen LogP contribution in [-0.4, -0.2) is 16.7 Å². The summed E-state index contributed by atoms with van der Waals surface area (Å²) in [6.07, 6.45) is 3.62. The number of nitrogens with zero attached hydrogens (tertiary/aromatic N) is 4. The number of hydrogen-bond donors (Lipinski definition) is 0. The van der Waals surface area contributed by atoms with E-state index in [-0.39, 0.29) is 6.71 Å². The fraction of sp³-hybridized carbons (Fsp3) is 0.0476. The third-order valence-electron chi connectivity index (χ3n) is 9.35. The first-order valence-electron chi connectivity index (χ1n) is 16.3. The molecule has 2 aliphatic heterocycles. The number of fused-ring (bicyclic) bond motifs is 4. The van der Waals surface area contributed by atoms with E-state index < -0.39 is 0 Å². The van der Waals surface area contributed by atoms with Gasteiger partial charge in [-0.2, -0.15) is 0 Å². The first-order valence-corrected chi connectivity index (χ1v) is 16.3. The molecule has 5 aromatic carbocycles. The molecule has 2 aliphatic rings. The third-order valence-corrected chi connectivity index (χ3v) is 9.35. The fourth-order valence-electron chi connectivity index (χ4n) is 7.24. The maximum absolute atomic E-state index is 6.36. The van der Waals surface area contributed by atoms with E-state index in [4.69, 9.17) is 9.72 Å². The van der Waals surface area contributed by atoms with Crippen molar-refractivity contribution in [1.82, 2.24) is 9.97 Å². The minimum atomic E-state index is -0.0174. The van der Waals surface area contributed by atoms with Crippen molar-refractivity contribution in [2.45, 2.75) is 13.1 Å². The van der Waals surface area contributed by atoms with Gasteiger partial charge in [-0.25, -0.2) is 4.98 Å². The Bertz CT molecular complexity index is 2220. The van der Waals surface area contributed by atoms with Gasteiger partial charge < -0.3 is 14.5 Å². The van der Waals surface area contributed by atoms with Gasteiger partial charge in [-0.15, -0.1) is 0 Å². The van der Waals surface area contributed by atoms with Crippen LogP contribution in [0.4, 0.5) is 22.7 Å². The second kappa shape index (κ2) is 11.9. The Morgan fingerprint density at radius 1 is 0.500 bits per heavy atom. The highest BCUT2D eigenvalue weighted by atomic mass is 16.5. The van der Waals surface area contributed by atoms with Crippen molar-refractivity contribution < 1.29 is 4.74 Å². The number of aromatic nitrogens is 2. The summed E-state index contributed by atoms with van der Waals surface area (Å²) in [7, 11) is 0. The average Bonchev–Trinajstić information content (AvgIpc) is 3.15. The van der Waals surface area contributed by atoms with Crippen LogP contribution in [-0.2, 0) is 13.1 Å². The molecule has 0 saturated heterocycles. The lowest BCUT2D eigenvalue weighted by Gasteiger charge is -2.44. The van der Waals surface area contributed by atoms with Crippen LogP contribution in [0.15, 0.2) is 164 Å². The molecule has 0 unspecified atom stereocenters. The minimum absolute atomic E-state index is 0.0174. The van der Waals surface area contributed by atoms with E-state index in [1.54, 1.807) is 6.20 Å². The largest absolute Gasteiger partial charge is 0.439 e. The molecule has 0 fully saturated rings. The van der Waals surface area contributed by atoms with Gasteiger partial charge >= 0.3 is 0 Å². The van der Waals surface area contributed by atoms with E-state index in [1.807, 2.05) is 30.5 Å². The maximum Gasteiger partial charge on any atom is 0.252 e. The standard InChI is InChI=1S/C42H31BN4O/c1-3-12-30(13-4-1)28-46-37-22-20-32(36-16-7-9-24-44-36)26-34(37)43-35-27-33(48-41-19-8-10-25-45-41)21-23-38(35)47(29-31-14-5-2-6-15-31)40-18-11-17-39(46)42(40)43/h1-27H,28-29H2. The summed E-state index contributed by atoms with van der Waals surface area (Å²) in [4.78, 5) is 14.1. The Morgan fingerprint density at radius 3 is 1.73 bits per heavy atom. The highest BCUT2D eigenvalue weighted by Gasteiger charge is 2.42. The van der Waals surface area contributed by atoms with Gasteiger partial charge in [0.1, 0.15) is 5.75 Å². The third kappa shape index (κ3) is 4.99. The average molecular weight is 619 g/mol. The Balaban J connectivity index is 1.28. The zero-order valence-corrected chi connectivity index (χ0v) is 26.3. The molecular formula is C42H31BN4O. The molecule has 5 nitrogen and oxygen atoms in total. The van der Waals surface area contributed by atoms with Crippen LogP contribution in [0, 0.1) is 0 Å². The lowest BCUT2D eigenvalue weighted by Crippen LogP contribution is -2.62. The molecule has 0 radical (unpaired) electrons. The summed E-state index contributed by atoms with van der Waals surface area (Å²) in [5, 5.41) is 0. The van der Waals surface area contributed by atoms with Gasteiger partial charge in [0.05, 0.1) is 5.69 Å². The summed E-state index contributed by atoms with van der Waals surface area (Å²) in [5.41, 5.74) is 13.2. The molecule has 7 aromatic rings. The van der Waals surface area contributed by atoms with Gasteiger partial charge in [-0.3, -0.25) is 4.98 Å². The van der Waals surface area contributed by atoms with Gasteiger partial charge in [0.2, 0.25) is 5.88 Å². The zero-order chi connectivity index (χ0) is 31.9. The quantitative estimate of drug-likeness (QED) is 0.171. The molecule has 0 N–H and O–H groups in total. The van der Waals surface area contributed by atoms with Gasteiger partial charge in [-0.05, 0) is 87.7 Å². The smallest absolute Gasteiger partial charge is 0.252 e. The summed E-state index contributed by atoms with van der Waals surface area (Å²) in [6, 6.07) is 53.4. The van der Waals surface area contributed by atoms with Crippen LogP contribution >= 0.6 is 0 Å². The molecule has 0 aliphatic carbocycles. The van der Waals surface area contributed by atoms with E-state index >= 15 is 0 Å². The van der Waals surface area contributed by atoms with Crippen LogP contribution in [0.5, 0.6) is 11.6 Å². The molecule has 9 rings (SSSR count). The summed E-state index contributed by atoms with van der Waals surface area (Å²) in [5.74, 6) is 1.34. The molecule has 0 spiro atoms. The topological polar surface area (TPSA) is 41.5 Å². The Labute approximate surface area is 280 Å². The van der Waals surface area contributed by atoms with Gasteiger partial charge in [0, 0.05) is 54.3 Å². The normalized spacial score (nSPS) is 12.6. The summed E-state index contributed by atoms with van der Waals surface area (Å²) in [6.45, 7) is 1.49. The number of benzene rings is 5. The predicted octanol–water partition coefficient (Wildman–Crippen LogP) is 7.76. The highest BCUT2D eigenvalue weighted by molar-refractivity contribution is 7.00. The van der Waals surface area contributed by atoms with Gasteiger partial charge in [-0.1, -0.05) is 91.0 Å². The summed E-state index contributed by atoms with van der Waals surface area (Å²) < 4.78 is 6.36. The van der Waals surface area contributed by atoms with E-state index in [0.717, 1.165) is 30.1 Å². The van der Waals surface area contributed by atoms with Crippen LogP contribution in [0.2, 0.25) is 0 Å². The molecular weight excluding hydrogens is 587 g/mol. The van der Waals surface area contributed by atoms with Gasteiger partial charge in [0.15, 0.2) is 0 Å². The van der Waals surface area contributed by atoms with Crippen LogP contribution in [0.25, 0.3) is 11.3 Å². The van der Waals surface area contributed by atoms with Crippen molar-refractivity contribution in [3.63, 3.8) is 0 Å². The number of rotatable bonds is 7. The van der Waals surface area contributed by atoms with Crippen molar-refractivity contribution in [2.24, 2.45) is 0 Å². The zero-order valence-electron chi connectivity index (χ0n) is 26.3.